The fourth-order valence-corrected chi connectivity index (χ4v) is 2.85. The van der Waals surface area contributed by atoms with E-state index in [9.17, 15) is 5.11 Å². The van der Waals surface area contributed by atoms with Gasteiger partial charge in [-0.3, -0.25) is 0 Å². The summed E-state index contributed by atoms with van der Waals surface area (Å²) in [5.41, 5.74) is 3.14. The maximum absolute atomic E-state index is 10.0. The number of rotatable bonds is 4. The van der Waals surface area contributed by atoms with Crippen molar-refractivity contribution in [2.75, 3.05) is 5.32 Å². The molecule has 0 saturated heterocycles. The van der Waals surface area contributed by atoms with E-state index in [1.165, 1.54) is 5.56 Å². The van der Waals surface area contributed by atoms with Crippen molar-refractivity contribution in [2.45, 2.75) is 26.3 Å². The van der Waals surface area contributed by atoms with E-state index in [1.54, 1.807) is 6.07 Å². The van der Waals surface area contributed by atoms with Crippen LogP contribution in [-0.2, 0) is 0 Å². The summed E-state index contributed by atoms with van der Waals surface area (Å²) in [6.07, 6.45) is 0.884. The molecule has 2 aromatic rings. The maximum atomic E-state index is 10.0. The molecule has 0 saturated carbocycles. The Bertz CT molecular complexity index is 613. The molecule has 4 heteroatoms. The number of phenolic OH excluding ortho intramolecular Hbond substituents is 1. The van der Waals surface area contributed by atoms with Crippen molar-refractivity contribution in [1.29, 1.82) is 0 Å². The minimum absolute atomic E-state index is 0.0714. The van der Waals surface area contributed by atoms with E-state index in [0.29, 0.717) is 5.75 Å². The fourth-order valence-electron chi connectivity index (χ4n) is 2.09. The van der Waals surface area contributed by atoms with E-state index in [2.05, 4.69) is 69.2 Å². The first-order chi connectivity index (χ1) is 9.51. The number of anilines is 1. The molecule has 0 spiro atoms. The predicted octanol–water partition coefficient (Wildman–Crippen LogP) is 5.79. The van der Waals surface area contributed by atoms with Crippen LogP contribution in [-0.4, -0.2) is 5.11 Å². The van der Waals surface area contributed by atoms with E-state index in [1.807, 2.05) is 12.1 Å². The molecule has 20 heavy (non-hydrogen) atoms. The zero-order chi connectivity index (χ0) is 14.7. The van der Waals surface area contributed by atoms with Gasteiger partial charge in [0.2, 0.25) is 0 Å². The third-order valence-electron chi connectivity index (χ3n) is 3.29. The van der Waals surface area contributed by atoms with Gasteiger partial charge in [-0.25, -0.2) is 0 Å². The Labute approximate surface area is 136 Å². The summed E-state index contributed by atoms with van der Waals surface area (Å²) in [6, 6.07) is 11.8. The summed E-state index contributed by atoms with van der Waals surface area (Å²) in [4.78, 5) is 0. The Balaban J connectivity index is 2.28. The van der Waals surface area contributed by atoms with Crippen molar-refractivity contribution in [3.63, 3.8) is 0 Å². The van der Waals surface area contributed by atoms with Crippen molar-refractivity contribution >= 4 is 37.5 Å². The molecule has 2 N–H and O–H groups in total. The van der Waals surface area contributed by atoms with Crippen LogP contribution in [0, 0.1) is 6.92 Å². The van der Waals surface area contributed by atoms with Crippen LogP contribution in [0.5, 0.6) is 5.75 Å². The van der Waals surface area contributed by atoms with E-state index in [4.69, 9.17) is 0 Å². The van der Waals surface area contributed by atoms with E-state index < -0.39 is 0 Å². The van der Waals surface area contributed by atoms with Gasteiger partial charge in [-0.15, -0.1) is 0 Å². The Kier molecular flexibility index (Phi) is 5.11. The maximum Gasteiger partial charge on any atom is 0.120 e. The molecule has 0 radical (unpaired) electrons. The largest absolute Gasteiger partial charge is 0.508 e. The van der Waals surface area contributed by atoms with Gasteiger partial charge in [0.1, 0.15) is 5.75 Å². The molecule has 0 bridgehead atoms. The predicted molar refractivity (Wildman–Crippen MR) is 91.3 cm³/mol. The van der Waals surface area contributed by atoms with E-state index in [0.717, 1.165) is 26.6 Å². The smallest absolute Gasteiger partial charge is 0.120 e. The summed E-state index contributed by atoms with van der Waals surface area (Å²) in [6.45, 7) is 4.16. The Morgan fingerprint density at radius 2 is 1.90 bits per heavy atom. The molecule has 1 atom stereocenters. The van der Waals surface area contributed by atoms with Crippen LogP contribution >= 0.6 is 31.9 Å². The van der Waals surface area contributed by atoms with Gasteiger partial charge < -0.3 is 10.4 Å². The molecule has 2 rings (SSSR count). The lowest BCUT2D eigenvalue weighted by atomic mass is 10.0. The second-order valence-corrected chi connectivity index (χ2v) is 6.54. The first kappa shape index (κ1) is 15.4. The second-order valence-electron chi connectivity index (χ2n) is 4.77. The first-order valence-electron chi connectivity index (χ1n) is 6.52. The highest BCUT2D eigenvalue weighted by Gasteiger charge is 2.14. The van der Waals surface area contributed by atoms with Crippen LogP contribution < -0.4 is 5.32 Å². The standard InChI is InChI=1S/C16H17Br2NO/c1-3-15(13-8-11(17)5-7-16(13)20)19-12-6-4-10(2)14(18)9-12/h4-9,15,19-20H,3H2,1-2H3. The molecule has 0 amide bonds. The monoisotopic (exact) mass is 397 g/mol. The lowest BCUT2D eigenvalue weighted by molar-refractivity contribution is 0.462. The van der Waals surface area contributed by atoms with Crippen molar-refractivity contribution in [3.8, 4) is 5.75 Å². The van der Waals surface area contributed by atoms with Crippen LogP contribution in [0.1, 0.15) is 30.5 Å². The van der Waals surface area contributed by atoms with Crippen molar-refractivity contribution in [1.82, 2.24) is 0 Å². The number of phenols is 1. The van der Waals surface area contributed by atoms with Crippen molar-refractivity contribution in [2.24, 2.45) is 0 Å². The Hall–Kier alpha value is -1.00. The van der Waals surface area contributed by atoms with Crippen LogP contribution in [0.3, 0.4) is 0 Å². The number of hydrogen-bond donors (Lipinski definition) is 2. The normalized spacial score (nSPS) is 12.2. The van der Waals surface area contributed by atoms with Crippen molar-refractivity contribution in [3.05, 3.63) is 56.5 Å². The summed E-state index contributed by atoms with van der Waals surface area (Å²) >= 11 is 7.00. The van der Waals surface area contributed by atoms with Crippen LogP contribution in [0.15, 0.2) is 45.3 Å². The molecule has 0 heterocycles. The molecule has 0 fully saturated rings. The number of benzene rings is 2. The molecule has 0 aliphatic carbocycles. The third-order valence-corrected chi connectivity index (χ3v) is 4.63. The molecular weight excluding hydrogens is 382 g/mol. The second kappa shape index (κ2) is 6.64. The van der Waals surface area contributed by atoms with E-state index >= 15 is 0 Å². The van der Waals surface area contributed by atoms with Gasteiger partial charge in [0.25, 0.3) is 0 Å². The Morgan fingerprint density at radius 1 is 1.15 bits per heavy atom. The lowest BCUT2D eigenvalue weighted by Gasteiger charge is -2.20. The highest BCUT2D eigenvalue weighted by Crippen LogP contribution is 2.32. The summed E-state index contributed by atoms with van der Waals surface area (Å²) in [7, 11) is 0. The third kappa shape index (κ3) is 3.55. The number of aromatic hydroxyl groups is 1. The topological polar surface area (TPSA) is 32.3 Å². The molecule has 0 aliphatic rings. The average molecular weight is 399 g/mol. The minimum atomic E-state index is 0.0714. The number of aryl methyl sites for hydroxylation is 1. The number of hydrogen-bond acceptors (Lipinski definition) is 2. The molecular formula is C16H17Br2NO. The van der Waals surface area contributed by atoms with Crippen LogP contribution in [0.2, 0.25) is 0 Å². The first-order valence-corrected chi connectivity index (χ1v) is 8.11. The minimum Gasteiger partial charge on any atom is -0.508 e. The number of nitrogens with one attached hydrogen (secondary N) is 1. The molecule has 2 aromatic carbocycles. The number of halogens is 2. The van der Waals surface area contributed by atoms with Gasteiger partial charge in [-0.05, 0) is 49.2 Å². The molecule has 0 aromatic heterocycles. The zero-order valence-corrected chi connectivity index (χ0v) is 14.6. The van der Waals surface area contributed by atoms with Crippen LogP contribution in [0.25, 0.3) is 0 Å². The summed E-state index contributed by atoms with van der Waals surface area (Å²) in [5.74, 6) is 0.318. The fraction of sp³-hybridized carbons (Fsp3) is 0.250. The highest BCUT2D eigenvalue weighted by atomic mass is 79.9. The van der Waals surface area contributed by atoms with E-state index in [-0.39, 0.29) is 6.04 Å². The van der Waals surface area contributed by atoms with Gasteiger partial charge in [0, 0.05) is 20.2 Å². The van der Waals surface area contributed by atoms with Gasteiger partial charge in [-0.1, -0.05) is 44.8 Å². The quantitative estimate of drug-likeness (QED) is 0.683. The molecule has 2 nitrogen and oxygen atoms in total. The average Bonchev–Trinajstić information content (AvgIpc) is 2.43. The molecule has 0 aliphatic heterocycles. The Morgan fingerprint density at radius 3 is 2.55 bits per heavy atom. The lowest BCUT2D eigenvalue weighted by Crippen LogP contribution is -2.10. The van der Waals surface area contributed by atoms with Crippen molar-refractivity contribution < 1.29 is 5.11 Å². The summed E-state index contributed by atoms with van der Waals surface area (Å²) < 4.78 is 2.05. The SMILES string of the molecule is CCC(Nc1ccc(C)c(Br)c1)c1cc(Br)ccc1O. The zero-order valence-electron chi connectivity index (χ0n) is 11.5. The van der Waals surface area contributed by atoms with Gasteiger partial charge in [0.15, 0.2) is 0 Å². The van der Waals surface area contributed by atoms with Gasteiger partial charge in [0.05, 0.1) is 6.04 Å². The highest BCUT2D eigenvalue weighted by molar-refractivity contribution is 9.10. The molecule has 106 valence electrons. The van der Waals surface area contributed by atoms with Crippen LogP contribution in [0.4, 0.5) is 5.69 Å². The van der Waals surface area contributed by atoms with Gasteiger partial charge in [-0.2, -0.15) is 0 Å². The van der Waals surface area contributed by atoms with Gasteiger partial charge >= 0.3 is 0 Å². The molecule has 1 unspecified atom stereocenters. The summed E-state index contributed by atoms with van der Waals surface area (Å²) in [5, 5.41) is 13.5.